The number of carbonyl (C=O) groups excluding carboxylic acids is 1. The number of hydrogen-bond acceptors (Lipinski definition) is 3. The van der Waals surface area contributed by atoms with E-state index >= 15 is 0 Å². The Morgan fingerprint density at radius 1 is 1.25 bits per heavy atom. The highest BCUT2D eigenvalue weighted by Crippen LogP contribution is 2.36. The van der Waals surface area contributed by atoms with Crippen LogP contribution in [0, 0.1) is 12.7 Å². The molecule has 4 heterocycles. The van der Waals surface area contributed by atoms with Gasteiger partial charge in [0.25, 0.3) is 5.91 Å². The van der Waals surface area contributed by atoms with Crippen LogP contribution in [-0.4, -0.2) is 37.5 Å². The van der Waals surface area contributed by atoms with Gasteiger partial charge >= 0.3 is 0 Å². The van der Waals surface area contributed by atoms with Crippen molar-refractivity contribution in [1.82, 2.24) is 25.1 Å². The van der Waals surface area contributed by atoms with Gasteiger partial charge in [-0.1, -0.05) is 18.2 Å². The van der Waals surface area contributed by atoms with E-state index in [1.165, 1.54) is 6.07 Å². The number of nitrogens with one attached hydrogen (secondary N) is 2. The summed E-state index contributed by atoms with van der Waals surface area (Å²) in [5.74, 6) is -0.415. The molecule has 0 bridgehead atoms. The third-order valence-corrected chi connectivity index (χ3v) is 5.36. The molecule has 3 aromatic heterocycles. The number of amides is 1. The second kappa shape index (κ2) is 6.30. The summed E-state index contributed by atoms with van der Waals surface area (Å²) in [6.45, 7) is 2.55. The van der Waals surface area contributed by atoms with Gasteiger partial charge in [-0.05, 0) is 37.6 Å². The van der Waals surface area contributed by atoms with Crippen molar-refractivity contribution in [3.05, 3.63) is 71.4 Å². The van der Waals surface area contributed by atoms with Gasteiger partial charge in [-0.3, -0.25) is 9.89 Å². The number of halogens is 1. The van der Waals surface area contributed by atoms with Crippen LogP contribution in [0.15, 0.2) is 48.7 Å². The summed E-state index contributed by atoms with van der Waals surface area (Å²) in [7, 11) is 0. The van der Waals surface area contributed by atoms with Crippen LogP contribution in [0.3, 0.4) is 0 Å². The lowest BCUT2D eigenvalue weighted by Gasteiger charge is -2.41. The summed E-state index contributed by atoms with van der Waals surface area (Å²) in [5.41, 5.74) is 4.31. The number of aryl methyl sites for hydroxylation is 1. The van der Waals surface area contributed by atoms with Crippen LogP contribution in [0.2, 0.25) is 0 Å². The summed E-state index contributed by atoms with van der Waals surface area (Å²) >= 11 is 0. The zero-order valence-corrected chi connectivity index (χ0v) is 15.2. The predicted molar refractivity (Wildman–Crippen MR) is 103 cm³/mol. The average Bonchev–Trinajstić information content (AvgIpc) is 3.28. The Hall–Kier alpha value is -3.48. The van der Waals surface area contributed by atoms with Gasteiger partial charge in [0.05, 0.1) is 17.9 Å². The molecule has 28 heavy (non-hydrogen) atoms. The van der Waals surface area contributed by atoms with Crippen molar-refractivity contribution in [2.75, 3.05) is 6.54 Å². The summed E-state index contributed by atoms with van der Waals surface area (Å²) in [4.78, 5) is 22.4. The molecule has 2 N–H and O–H groups in total. The SMILES string of the molecule is Cc1[nH]ncc1-c1ccc2cc(C(=O)N3CC[C@@H]3c3ccccc3F)[nH]c2n1. The Morgan fingerprint density at radius 3 is 2.82 bits per heavy atom. The van der Waals surface area contributed by atoms with E-state index in [4.69, 9.17) is 0 Å². The molecule has 6 nitrogen and oxygen atoms in total. The molecule has 140 valence electrons. The zero-order chi connectivity index (χ0) is 19.3. The van der Waals surface area contributed by atoms with E-state index in [9.17, 15) is 9.18 Å². The van der Waals surface area contributed by atoms with Crippen LogP contribution in [0.5, 0.6) is 0 Å². The minimum atomic E-state index is -0.275. The van der Waals surface area contributed by atoms with Crippen LogP contribution in [0.25, 0.3) is 22.3 Å². The number of carbonyl (C=O) groups is 1. The molecule has 0 unspecified atom stereocenters. The van der Waals surface area contributed by atoms with Crippen LogP contribution in [-0.2, 0) is 0 Å². The molecular formula is C21H18FN5O. The molecule has 1 saturated heterocycles. The molecule has 4 aromatic rings. The number of aromatic nitrogens is 4. The zero-order valence-electron chi connectivity index (χ0n) is 15.2. The predicted octanol–water partition coefficient (Wildman–Crippen LogP) is 3.99. The molecule has 1 fully saturated rings. The van der Waals surface area contributed by atoms with E-state index in [2.05, 4.69) is 20.2 Å². The Labute approximate surface area is 160 Å². The number of fused-ring (bicyclic) bond motifs is 1. The highest BCUT2D eigenvalue weighted by Gasteiger charge is 2.36. The van der Waals surface area contributed by atoms with Gasteiger partial charge < -0.3 is 9.88 Å². The van der Waals surface area contributed by atoms with Gasteiger partial charge in [-0.2, -0.15) is 5.10 Å². The maximum absolute atomic E-state index is 14.1. The quantitative estimate of drug-likeness (QED) is 0.568. The fraction of sp³-hybridized carbons (Fsp3) is 0.190. The number of nitrogens with zero attached hydrogens (tertiary/aromatic N) is 3. The molecule has 1 atom stereocenters. The average molecular weight is 375 g/mol. The lowest BCUT2D eigenvalue weighted by atomic mass is 9.94. The van der Waals surface area contributed by atoms with Crippen LogP contribution >= 0.6 is 0 Å². The lowest BCUT2D eigenvalue weighted by molar-refractivity contribution is 0.0448. The first-order valence-electron chi connectivity index (χ1n) is 9.17. The van der Waals surface area contributed by atoms with Crippen LogP contribution in [0.1, 0.15) is 34.2 Å². The van der Waals surface area contributed by atoms with Gasteiger partial charge in [-0.15, -0.1) is 0 Å². The minimum Gasteiger partial charge on any atom is -0.335 e. The van der Waals surface area contributed by atoms with Gasteiger partial charge in [0, 0.05) is 28.8 Å². The van der Waals surface area contributed by atoms with E-state index in [0.29, 0.717) is 23.4 Å². The summed E-state index contributed by atoms with van der Waals surface area (Å²) in [6, 6.07) is 12.0. The van der Waals surface area contributed by atoms with Crippen molar-refractivity contribution in [2.45, 2.75) is 19.4 Å². The van der Waals surface area contributed by atoms with Gasteiger partial charge in [0.1, 0.15) is 17.2 Å². The van der Waals surface area contributed by atoms with E-state index < -0.39 is 0 Å². The molecule has 0 spiro atoms. The lowest BCUT2D eigenvalue weighted by Crippen LogP contribution is -2.45. The molecule has 1 aromatic carbocycles. The summed E-state index contributed by atoms with van der Waals surface area (Å²) in [5, 5.41) is 7.79. The summed E-state index contributed by atoms with van der Waals surface area (Å²) in [6.07, 6.45) is 2.49. The first-order valence-corrected chi connectivity index (χ1v) is 9.17. The molecular weight excluding hydrogens is 357 g/mol. The molecule has 0 radical (unpaired) electrons. The Kier molecular flexibility index (Phi) is 3.75. The Bertz CT molecular complexity index is 1190. The third-order valence-electron chi connectivity index (χ3n) is 5.36. The topological polar surface area (TPSA) is 77.7 Å². The fourth-order valence-electron chi connectivity index (χ4n) is 3.73. The number of benzene rings is 1. The summed E-state index contributed by atoms with van der Waals surface area (Å²) < 4.78 is 14.1. The van der Waals surface area contributed by atoms with E-state index in [0.717, 1.165) is 28.8 Å². The van der Waals surface area contributed by atoms with Gasteiger partial charge in [0.15, 0.2) is 0 Å². The minimum absolute atomic E-state index is 0.140. The monoisotopic (exact) mass is 375 g/mol. The molecule has 1 aliphatic heterocycles. The molecule has 7 heteroatoms. The fourth-order valence-corrected chi connectivity index (χ4v) is 3.73. The molecule has 1 aliphatic rings. The Morgan fingerprint density at radius 2 is 2.11 bits per heavy atom. The molecule has 0 aliphatic carbocycles. The largest absolute Gasteiger partial charge is 0.335 e. The van der Waals surface area contributed by atoms with Gasteiger partial charge in [-0.25, -0.2) is 9.37 Å². The highest BCUT2D eigenvalue weighted by molar-refractivity contribution is 5.98. The van der Waals surface area contributed by atoms with Crippen molar-refractivity contribution in [2.24, 2.45) is 0 Å². The van der Waals surface area contributed by atoms with Crippen LogP contribution < -0.4 is 0 Å². The molecule has 0 saturated carbocycles. The standard InChI is InChI=1S/C21H18FN5O/c1-12-15(11-23-26-12)17-7-6-13-10-18(25-20(13)24-17)21(28)27-9-8-19(27)14-4-2-3-5-16(14)22/h2-7,10-11,19H,8-9H2,1H3,(H,23,26)(H,24,25)/t19-/m1/s1. The van der Waals surface area contributed by atoms with E-state index in [1.807, 2.05) is 19.1 Å². The molecule has 5 rings (SSSR count). The third kappa shape index (κ3) is 2.58. The maximum Gasteiger partial charge on any atom is 0.270 e. The number of aromatic amines is 2. The Balaban J connectivity index is 1.45. The van der Waals surface area contributed by atoms with Crippen molar-refractivity contribution >= 4 is 16.9 Å². The number of likely N-dealkylation sites (tertiary alicyclic amines) is 1. The second-order valence-electron chi connectivity index (χ2n) is 7.05. The van der Waals surface area contributed by atoms with Crippen molar-refractivity contribution in [3.63, 3.8) is 0 Å². The second-order valence-corrected chi connectivity index (χ2v) is 7.05. The number of hydrogen-bond donors (Lipinski definition) is 2. The van der Waals surface area contributed by atoms with E-state index in [-0.39, 0.29) is 17.8 Å². The number of pyridine rings is 1. The first-order chi connectivity index (χ1) is 13.6. The van der Waals surface area contributed by atoms with Crippen molar-refractivity contribution < 1.29 is 9.18 Å². The number of H-pyrrole nitrogens is 2. The van der Waals surface area contributed by atoms with Gasteiger partial charge in [0.2, 0.25) is 0 Å². The normalized spacial score (nSPS) is 16.4. The molecule has 1 amide bonds. The van der Waals surface area contributed by atoms with Crippen molar-refractivity contribution in [1.29, 1.82) is 0 Å². The first kappa shape index (κ1) is 16.7. The maximum atomic E-state index is 14.1. The van der Waals surface area contributed by atoms with Crippen molar-refractivity contribution in [3.8, 4) is 11.3 Å². The van der Waals surface area contributed by atoms with E-state index in [1.54, 1.807) is 35.4 Å². The highest BCUT2D eigenvalue weighted by atomic mass is 19.1. The smallest absolute Gasteiger partial charge is 0.270 e. The number of rotatable bonds is 3. The van der Waals surface area contributed by atoms with Crippen LogP contribution in [0.4, 0.5) is 4.39 Å².